The molecular formula is C18H23N3O3. The average Bonchev–Trinajstić information content (AvgIpc) is 3.14. The predicted molar refractivity (Wildman–Crippen MR) is 89.2 cm³/mol. The van der Waals surface area contributed by atoms with Crippen molar-refractivity contribution in [2.24, 2.45) is 0 Å². The second-order valence-corrected chi connectivity index (χ2v) is 6.86. The molecule has 2 aliphatic heterocycles. The van der Waals surface area contributed by atoms with E-state index in [4.69, 9.17) is 9.47 Å². The van der Waals surface area contributed by atoms with Gasteiger partial charge in [0.25, 0.3) is 5.91 Å². The summed E-state index contributed by atoms with van der Waals surface area (Å²) in [4.78, 5) is 19.6. The number of aromatic nitrogens is 2. The number of imidazole rings is 1. The highest BCUT2D eigenvalue weighted by Crippen LogP contribution is 2.36. The van der Waals surface area contributed by atoms with Crippen LogP contribution in [0.25, 0.3) is 5.65 Å². The van der Waals surface area contributed by atoms with Crippen molar-refractivity contribution in [2.45, 2.75) is 37.9 Å². The Morgan fingerprint density at radius 1 is 1.46 bits per heavy atom. The number of likely N-dealkylation sites (tertiary alicyclic amines) is 1. The number of amides is 1. The molecule has 0 aliphatic carbocycles. The molecule has 6 heteroatoms. The molecule has 2 saturated heterocycles. The van der Waals surface area contributed by atoms with Crippen molar-refractivity contribution in [3.05, 3.63) is 35.8 Å². The van der Waals surface area contributed by atoms with Gasteiger partial charge in [0, 0.05) is 26.3 Å². The fourth-order valence-corrected chi connectivity index (χ4v) is 4.03. The number of hydrogen-bond donors (Lipinski definition) is 0. The minimum atomic E-state index is -0.247. The second-order valence-electron chi connectivity index (χ2n) is 6.86. The monoisotopic (exact) mass is 329 g/mol. The van der Waals surface area contributed by atoms with E-state index < -0.39 is 0 Å². The number of fused-ring (bicyclic) bond motifs is 1. The Balaban J connectivity index is 1.61. The molecule has 0 N–H and O–H groups in total. The third-order valence-electron chi connectivity index (χ3n) is 5.24. The third-order valence-corrected chi connectivity index (χ3v) is 5.24. The number of hydrogen-bond acceptors (Lipinski definition) is 4. The smallest absolute Gasteiger partial charge is 0.272 e. The van der Waals surface area contributed by atoms with E-state index in [2.05, 4.69) is 4.98 Å². The maximum atomic E-state index is 13.2. The molecule has 128 valence electrons. The lowest BCUT2D eigenvalue weighted by Gasteiger charge is -2.39. The van der Waals surface area contributed by atoms with E-state index in [1.807, 2.05) is 40.6 Å². The van der Waals surface area contributed by atoms with Gasteiger partial charge in [0.05, 0.1) is 30.6 Å². The molecular weight excluding hydrogens is 306 g/mol. The van der Waals surface area contributed by atoms with Crippen molar-refractivity contribution in [2.75, 3.05) is 26.8 Å². The molecule has 2 atom stereocenters. The van der Waals surface area contributed by atoms with E-state index in [0.717, 1.165) is 37.1 Å². The van der Waals surface area contributed by atoms with E-state index in [9.17, 15) is 4.79 Å². The van der Waals surface area contributed by atoms with Crippen LogP contribution in [0.5, 0.6) is 0 Å². The lowest BCUT2D eigenvalue weighted by Crippen LogP contribution is -2.50. The number of carbonyl (C=O) groups excluding carboxylic acids is 1. The highest BCUT2D eigenvalue weighted by atomic mass is 16.6. The number of piperidine rings is 1. The molecule has 2 aliphatic rings. The van der Waals surface area contributed by atoms with E-state index in [1.165, 1.54) is 0 Å². The molecule has 2 aromatic heterocycles. The Labute approximate surface area is 141 Å². The lowest BCUT2D eigenvalue weighted by molar-refractivity contribution is -0.0460. The van der Waals surface area contributed by atoms with Crippen LogP contribution in [0.2, 0.25) is 0 Å². The summed E-state index contributed by atoms with van der Waals surface area (Å²) in [5, 5.41) is 0. The summed E-state index contributed by atoms with van der Waals surface area (Å²) in [5.74, 6) is 0.0368. The molecule has 6 nitrogen and oxygen atoms in total. The number of methoxy groups -OCH3 is 1. The molecule has 2 fully saturated rings. The molecule has 24 heavy (non-hydrogen) atoms. The molecule has 0 saturated carbocycles. The zero-order valence-electron chi connectivity index (χ0n) is 14.2. The van der Waals surface area contributed by atoms with Gasteiger partial charge in [-0.3, -0.25) is 9.20 Å². The third kappa shape index (κ3) is 2.50. The zero-order chi connectivity index (χ0) is 16.7. The summed E-state index contributed by atoms with van der Waals surface area (Å²) in [6.07, 6.45) is 4.84. The van der Waals surface area contributed by atoms with Crippen LogP contribution in [0.4, 0.5) is 0 Å². The first-order valence-electron chi connectivity index (χ1n) is 8.52. The van der Waals surface area contributed by atoms with Crippen LogP contribution in [-0.2, 0) is 9.47 Å². The minimum Gasteiger partial charge on any atom is -0.379 e. The van der Waals surface area contributed by atoms with Gasteiger partial charge in [0.1, 0.15) is 11.3 Å². The van der Waals surface area contributed by atoms with Gasteiger partial charge < -0.3 is 14.4 Å². The maximum Gasteiger partial charge on any atom is 0.272 e. The summed E-state index contributed by atoms with van der Waals surface area (Å²) < 4.78 is 13.4. The summed E-state index contributed by atoms with van der Waals surface area (Å²) in [6, 6.07) is 5.78. The summed E-state index contributed by atoms with van der Waals surface area (Å²) >= 11 is 0. The summed E-state index contributed by atoms with van der Waals surface area (Å²) in [6.45, 7) is 3.91. The quantitative estimate of drug-likeness (QED) is 0.846. The number of carbonyl (C=O) groups is 1. The molecule has 1 amide bonds. The Hall–Kier alpha value is -1.92. The van der Waals surface area contributed by atoms with Gasteiger partial charge >= 0.3 is 0 Å². The van der Waals surface area contributed by atoms with Crippen LogP contribution >= 0.6 is 0 Å². The number of aryl methyl sites for hydroxylation is 1. The molecule has 0 bridgehead atoms. The molecule has 0 unspecified atom stereocenters. The van der Waals surface area contributed by atoms with Gasteiger partial charge in [-0.15, -0.1) is 0 Å². The number of pyridine rings is 1. The Morgan fingerprint density at radius 3 is 3.12 bits per heavy atom. The van der Waals surface area contributed by atoms with Crippen LogP contribution in [-0.4, -0.2) is 58.7 Å². The van der Waals surface area contributed by atoms with Gasteiger partial charge in [-0.25, -0.2) is 4.98 Å². The normalized spacial score (nSPS) is 27.2. The zero-order valence-corrected chi connectivity index (χ0v) is 14.2. The van der Waals surface area contributed by atoms with Gasteiger partial charge in [-0.1, -0.05) is 6.07 Å². The lowest BCUT2D eigenvalue weighted by atomic mass is 9.89. The number of ether oxygens (including phenoxy) is 2. The Kier molecular flexibility index (Phi) is 3.81. The molecule has 0 aromatic carbocycles. The van der Waals surface area contributed by atoms with Gasteiger partial charge in [-0.05, 0) is 31.9 Å². The van der Waals surface area contributed by atoms with E-state index in [1.54, 1.807) is 7.11 Å². The standard InChI is InChI=1S/C18H23N3O3/c1-13-16(21-9-4-3-6-15(21)19-13)17(22)20-8-5-7-18(12-20)10-14(23-2)11-24-18/h3-4,6,9,14H,5,7-8,10-12H2,1-2H3/t14-,18-/m1/s1. The highest BCUT2D eigenvalue weighted by Gasteiger charge is 2.45. The van der Waals surface area contributed by atoms with E-state index in [-0.39, 0.29) is 17.6 Å². The number of rotatable bonds is 2. The predicted octanol–water partition coefficient (Wildman–Crippen LogP) is 2.05. The molecule has 2 aromatic rings. The van der Waals surface area contributed by atoms with Crippen molar-refractivity contribution < 1.29 is 14.3 Å². The number of nitrogens with zero attached hydrogens (tertiary/aromatic N) is 3. The first kappa shape index (κ1) is 15.6. The molecule has 1 spiro atoms. The van der Waals surface area contributed by atoms with Crippen LogP contribution in [0.1, 0.15) is 35.4 Å². The molecule has 4 rings (SSSR count). The minimum absolute atomic E-state index is 0.0368. The van der Waals surface area contributed by atoms with Gasteiger partial charge in [0.15, 0.2) is 0 Å². The van der Waals surface area contributed by atoms with E-state index >= 15 is 0 Å². The Bertz CT molecular complexity index is 772. The first-order chi connectivity index (χ1) is 11.6. The van der Waals surface area contributed by atoms with E-state index in [0.29, 0.717) is 18.8 Å². The largest absolute Gasteiger partial charge is 0.379 e. The van der Waals surface area contributed by atoms with Gasteiger partial charge in [-0.2, -0.15) is 0 Å². The summed E-state index contributed by atoms with van der Waals surface area (Å²) in [5.41, 5.74) is 1.99. The fraction of sp³-hybridized carbons (Fsp3) is 0.556. The SMILES string of the molecule is CO[C@H]1CO[C@]2(CCCN(C(=O)c3c(C)nc4ccccn34)C2)C1. The maximum absolute atomic E-state index is 13.2. The van der Waals surface area contributed by atoms with Crippen LogP contribution in [0, 0.1) is 6.92 Å². The van der Waals surface area contributed by atoms with Crippen molar-refractivity contribution in [1.82, 2.24) is 14.3 Å². The van der Waals surface area contributed by atoms with Crippen LogP contribution in [0.3, 0.4) is 0 Å². The second kappa shape index (κ2) is 5.86. The van der Waals surface area contributed by atoms with Crippen molar-refractivity contribution in [1.29, 1.82) is 0 Å². The summed E-state index contributed by atoms with van der Waals surface area (Å²) in [7, 11) is 1.72. The molecule has 0 radical (unpaired) electrons. The Morgan fingerprint density at radius 2 is 2.33 bits per heavy atom. The highest BCUT2D eigenvalue weighted by molar-refractivity contribution is 5.94. The van der Waals surface area contributed by atoms with Crippen molar-refractivity contribution in [3.63, 3.8) is 0 Å². The average molecular weight is 329 g/mol. The molecule has 4 heterocycles. The van der Waals surface area contributed by atoms with Crippen molar-refractivity contribution >= 4 is 11.6 Å². The van der Waals surface area contributed by atoms with Crippen molar-refractivity contribution in [3.8, 4) is 0 Å². The van der Waals surface area contributed by atoms with Gasteiger partial charge in [0.2, 0.25) is 0 Å². The fourth-order valence-electron chi connectivity index (χ4n) is 4.03. The topological polar surface area (TPSA) is 56.1 Å². The first-order valence-corrected chi connectivity index (χ1v) is 8.52. The van der Waals surface area contributed by atoms with Crippen LogP contribution in [0.15, 0.2) is 24.4 Å². The van der Waals surface area contributed by atoms with Crippen LogP contribution < -0.4 is 0 Å².